The summed E-state index contributed by atoms with van der Waals surface area (Å²) < 4.78 is 5.38. The van der Waals surface area contributed by atoms with Crippen molar-refractivity contribution in [1.29, 1.82) is 0 Å². The molecule has 1 aliphatic rings. The van der Waals surface area contributed by atoms with Gasteiger partial charge in [0.05, 0.1) is 6.26 Å². The second-order valence-corrected chi connectivity index (χ2v) is 5.35. The number of nitrogens with one attached hydrogen (secondary N) is 2. The van der Waals surface area contributed by atoms with Gasteiger partial charge in [0.25, 0.3) is 0 Å². The molecule has 96 valence electrons. The molecule has 0 aliphatic carbocycles. The summed E-state index contributed by atoms with van der Waals surface area (Å²) >= 11 is 0. The zero-order valence-corrected chi connectivity index (χ0v) is 11.0. The van der Waals surface area contributed by atoms with Gasteiger partial charge in [-0.2, -0.15) is 0 Å². The Balaban J connectivity index is 1.77. The lowest BCUT2D eigenvalue weighted by molar-refractivity contribution is 0.276. The quantitative estimate of drug-likeness (QED) is 0.795. The first-order chi connectivity index (χ1) is 8.24. The number of rotatable bonds is 6. The highest BCUT2D eigenvalue weighted by Gasteiger charge is 2.31. The van der Waals surface area contributed by atoms with Crippen LogP contribution >= 0.6 is 0 Å². The lowest BCUT2D eigenvalue weighted by atomic mass is 9.84. The first-order valence-corrected chi connectivity index (χ1v) is 6.70. The predicted octanol–water partition coefficient (Wildman–Crippen LogP) is 2.19. The highest BCUT2D eigenvalue weighted by Crippen LogP contribution is 2.28. The first kappa shape index (κ1) is 12.7. The second-order valence-electron chi connectivity index (χ2n) is 5.35. The third-order valence-corrected chi connectivity index (χ3v) is 4.00. The molecule has 2 rings (SSSR count). The zero-order chi connectivity index (χ0) is 12.1. The Morgan fingerprint density at radius 2 is 2.47 bits per heavy atom. The van der Waals surface area contributed by atoms with Gasteiger partial charge in [0, 0.05) is 25.6 Å². The molecule has 1 aromatic heterocycles. The molecule has 0 bridgehead atoms. The summed E-state index contributed by atoms with van der Waals surface area (Å²) in [6.45, 7) is 7.96. The van der Waals surface area contributed by atoms with Gasteiger partial charge in [-0.05, 0) is 43.9 Å². The van der Waals surface area contributed by atoms with Gasteiger partial charge in [-0.15, -0.1) is 0 Å². The molecular formula is C14H24N2O. The molecule has 2 atom stereocenters. The Morgan fingerprint density at radius 1 is 1.59 bits per heavy atom. The predicted molar refractivity (Wildman–Crippen MR) is 70.1 cm³/mol. The topological polar surface area (TPSA) is 37.2 Å². The molecule has 3 heteroatoms. The zero-order valence-electron chi connectivity index (χ0n) is 11.0. The molecular weight excluding hydrogens is 212 g/mol. The minimum atomic E-state index is 0.470. The fourth-order valence-electron chi connectivity index (χ4n) is 2.57. The molecule has 3 nitrogen and oxygen atoms in total. The molecule has 1 aromatic rings. The summed E-state index contributed by atoms with van der Waals surface area (Å²) in [5, 5.41) is 7.13. The van der Waals surface area contributed by atoms with E-state index in [2.05, 4.69) is 24.5 Å². The number of furan rings is 1. The van der Waals surface area contributed by atoms with Gasteiger partial charge in [0.15, 0.2) is 0 Å². The van der Waals surface area contributed by atoms with Crippen LogP contribution in [-0.4, -0.2) is 25.7 Å². The summed E-state index contributed by atoms with van der Waals surface area (Å²) in [5.74, 6) is 1.07. The Bertz CT molecular complexity index is 315. The van der Waals surface area contributed by atoms with Crippen molar-refractivity contribution in [2.45, 2.75) is 39.2 Å². The van der Waals surface area contributed by atoms with Crippen molar-refractivity contribution in [3.63, 3.8) is 0 Å². The highest BCUT2D eigenvalue weighted by atomic mass is 16.3. The van der Waals surface area contributed by atoms with Gasteiger partial charge < -0.3 is 15.1 Å². The summed E-state index contributed by atoms with van der Waals surface area (Å²) in [7, 11) is 0. The molecule has 0 saturated carbocycles. The van der Waals surface area contributed by atoms with E-state index in [-0.39, 0.29) is 0 Å². The Hall–Kier alpha value is -0.800. The molecule has 2 heterocycles. The summed E-state index contributed by atoms with van der Waals surface area (Å²) in [6.07, 6.45) is 5.27. The van der Waals surface area contributed by atoms with Crippen molar-refractivity contribution >= 4 is 0 Å². The largest absolute Gasteiger partial charge is 0.469 e. The molecule has 0 spiro atoms. The van der Waals surface area contributed by atoms with E-state index in [1.165, 1.54) is 19.4 Å². The van der Waals surface area contributed by atoms with Gasteiger partial charge in [-0.3, -0.25) is 0 Å². The van der Waals surface area contributed by atoms with Crippen LogP contribution in [0.5, 0.6) is 0 Å². The van der Waals surface area contributed by atoms with Crippen LogP contribution in [0.4, 0.5) is 0 Å². The Kier molecular flexibility index (Phi) is 4.24. The van der Waals surface area contributed by atoms with Crippen LogP contribution in [0.1, 0.15) is 32.4 Å². The first-order valence-electron chi connectivity index (χ1n) is 6.70. The van der Waals surface area contributed by atoms with Crippen LogP contribution in [-0.2, 0) is 6.42 Å². The van der Waals surface area contributed by atoms with Crippen molar-refractivity contribution in [1.82, 2.24) is 10.6 Å². The molecule has 1 saturated heterocycles. The fraction of sp³-hybridized carbons (Fsp3) is 0.714. The maximum absolute atomic E-state index is 5.38. The molecule has 2 N–H and O–H groups in total. The van der Waals surface area contributed by atoms with Crippen molar-refractivity contribution in [3.05, 3.63) is 24.2 Å². The molecule has 1 fully saturated rings. The average Bonchev–Trinajstić information content (AvgIpc) is 2.98. The Labute approximate surface area is 104 Å². The van der Waals surface area contributed by atoms with Crippen LogP contribution in [0.3, 0.4) is 0 Å². The van der Waals surface area contributed by atoms with E-state index >= 15 is 0 Å². The monoisotopic (exact) mass is 236 g/mol. The van der Waals surface area contributed by atoms with Crippen LogP contribution in [0.25, 0.3) is 0 Å². The molecule has 1 aliphatic heterocycles. The molecule has 0 amide bonds. The third-order valence-electron chi connectivity index (χ3n) is 4.00. The van der Waals surface area contributed by atoms with E-state index in [0.717, 1.165) is 25.3 Å². The van der Waals surface area contributed by atoms with Crippen molar-refractivity contribution < 1.29 is 4.42 Å². The maximum Gasteiger partial charge on any atom is 0.105 e. The van der Waals surface area contributed by atoms with Crippen LogP contribution in [0.15, 0.2) is 22.8 Å². The molecule has 0 radical (unpaired) electrons. The summed E-state index contributed by atoms with van der Waals surface area (Å²) in [4.78, 5) is 0. The van der Waals surface area contributed by atoms with E-state index in [4.69, 9.17) is 4.42 Å². The van der Waals surface area contributed by atoms with Crippen LogP contribution < -0.4 is 10.6 Å². The normalized spacial score (nSPS) is 26.2. The van der Waals surface area contributed by atoms with E-state index < -0.39 is 0 Å². The lowest BCUT2D eigenvalue weighted by Gasteiger charge is -2.28. The Morgan fingerprint density at radius 3 is 3.06 bits per heavy atom. The van der Waals surface area contributed by atoms with Crippen molar-refractivity contribution in [2.24, 2.45) is 5.41 Å². The third kappa shape index (κ3) is 3.33. The molecule has 0 aromatic carbocycles. The highest BCUT2D eigenvalue weighted by molar-refractivity contribution is 5.00. The minimum Gasteiger partial charge on any atom is -0.469 e. The van der Waals surface area contributed by atoms with Crippen LogP contribution in [0.2, 0.25) is 0 Å². The minimum absolute atomic E-state index is 0.470. The van der Waals surface area contributed by atoms with Gasteiger partial charge >= 0.3 is 0 Å². The standard InChI is InChI=1S/C14H24N2O/c1-3-14(6-7-15-10-14)11-16-12(2)9-13-5-4-8-17-13/h4-5,8,12,15-16H,3,6-7,9-11H2,1-2H3. The number of hydrogen-bond donors (Lipinski definition) is 2. The smallest absolute Gasteiger partial charge is 0.105 e. The van der Waals surface area contributed by atoms with Gasteiger partial charge in [-0.1, -0.05) is 6.92 Å². The van der Waals surface area contributed by atoms with E-state index in [1.807, 2.05) is 12.1 Å². The summed E-state index contributed by atoms with van der Waals surface area (Å²) in [5.41, 5.74) is 0.470. The van der Waals surface area contributed by atoms with E-state index in [9.17, 15) is 0 Å². The van der Waals surface area contributed by atoms with Crippen LogP contribution in [0, 0.1) is 5.41 Å². The van der Waals surface area contributed by atoms with E-state index in [1.54, 1.807) is 6.26 Å². The second kappa shape index (κ2) is 5.69. The lowest BCUT2D eigenvalue weighted by Crippen LogP contribution is -2.40. The summed E-state index contributed by atoms with van der Waals surface area (Å²) in [6, 6.07) is 4.48. The van der Waals surface area contributed by atoms with Crippen molar-refractivity contribution in [2.75, 3.05) is 19.6 Å². The van der Waals surface area contributed by atoms with Crippen molar-refractivity contribution in [3.8, 4) is 0 Å². The molecule has 2 unspecified atom stereocenters. The SMILES string of the molecule is CCC1(CNC(C)Cc2ccco2)CCNC1. The van der Waals surface area contributed by atoms with Gasteiger partial charge in [0.2, 0.25) is 0 Å². The maximum atomic E-state index is 5.38. The van der Waals surface area contributed by atoms with Gasteiger partial charge in [0.1, 0.15) is 5.76 Å². The number of hydrogen-bond acceptors (Lipinski definition) is 3. The molecule has 17 heavy (non-hydrogen) atoms. The van der Waals surface area contributed by atoms with E-state index in [0.29, 0.717) is 11.5 Å². The average molecular weight is 236 g/mol. The van der Waals surface area contributed by atoms with Gasteiger partial charge in [-0.25, -0.2) is 0 Å². The fourth-order valence-corrected chi connectivity index (χ4v) is 2.57.